The minimum absolute atomic E-state index is 0.0747. The molecule has 3 aromatic rings. The van der Waals surface area contributed by atoms with Crippen LogP contribution in [0.2, 0.25) is 0 Å². The van der Waals surface area contributed by atoms with Gasteiger partial charge in [0.05, 0.1) is 23.3 Å². The summed E-state index contributed by atoms with van der Waals surface area (Å²) in [6, 6.07) is 11.8. The van der Waals surface area contributed by atoms with E-state index in [1.54, 1.807) is 62.5 Å². The van der Waals surface area contributed by atoms with Crippen molar-refractivity contribution in [2.45, 2.75) is 26.0 Å². The van der Waals surface area contributed by atoms with Crippen molar-refractivity contribution in [2.24, 2.45) is 0 Å². The lowest BCUT2D eigenvalue weighted by Crippen LogP contribution is -2.29. The van der Waals surface area contributed by atoms with Gasteiger partial charge in [0.2, 0.25) is 0 Å². The van der Waals surface area contributed by atoms with Gasteiger partial charge < -0.3 is 9.84 Å². The van der Waals surface area contributed by atoms with Crippen LogP contribution in [0.5, 0.6) is 0 Å². The minimum atomic E-state index is -0.941. The third kappa shape index (κ3) is 4.23. The van der Waals surface area contributed by atoms with Crippen molar-refractivity contribution in [3.05, 3.63) is 95.6 Å². The number of esters is 1. The van der Waals surface area contributed by atoms with Crippen molar-refractivity contribution in [3.8, 4) is 0 Å². The largest absolute Gasteiger partial charge is 0.507 e. The van der Waals surface area contributed by atoms with Gasteiger partial charge in [-0.3, -0.25) is 24.5 Å². The number of hydrogen-bond donors (Lipinski definition) is 1. The van der Waals surface area contributed by atoms with Gasteiger partial charge in [-0.15, -0.1) is 0 Å². The molecule has 0 bridgehead atoms. The lowest BCUT2D eigenvalue weighted by molar-refractivity contribution is -0.132. The molecule has 8 nitrogen and oxygen atoms in total. The fourth-order valence-electron chi connectivity index (χ4n) is 3.68. The number of nitrogens with zero attached hydrogens (tertiary/aromatic N) is 3. The number of carbonyl (C=O) groups excluding carboxylic acids is 3. The Labute approximate surface area is 190 Å². The van der Waals surface area contributed by atoms with E-state index in [0.29, 0.717) is 16.8 Å². The van der Waals surface area contributed by atoms with Crippen LogP contribution in [-0.2, 0) is 14.3 Å². The standard InChI is InChI=1S/C25H21N3O5/c1-15(2)33-25(32)17-5-3-7-19(13-17)28-21(18-6-4-10-27-14-18)20(23(30)24(28)31)22(29)16-8-11-26-12-9-16/h3-15,21,29H,1-2H3/b22-20+. The number of hydrogen-bond acceptors (Lipinski definition) is 7. The molecule has 1 aliphatic heterocycles. The fourth-order valence-corrected chi connectivity index (χ4v) is 3.68. The number of aliphatic hydroxyl groups excluding tert-OH is 1. The molecule has 2 aromatic heterocycles. The number of rotatable bonds is 5. The van der Waals surface area contributed by atoms with Crippen LogP contribution in [0.15, 0.2) is 78.9 Å². The fraction of sp³-hybridized carbons (Fsp3) is 0.160. The van der Waals surface area contributed by atoms with E-state index in [1.165, 1.54) is 29.6 Å². The SMILES string of the molecule is CC(C)OC(=O)c1cccc(N2C(=O)C(=O)/C(=C(/O)c3ccncc3)C2c2cccnc2)c1. The molecule has 0 aliphatic carbocycles. The van der Waals surface area contributed by atoms with Gasteiger partial charge in [-0.25, -0.2) is 4.79 Å². The molecular weight excluding hydrogens is 422 g/mol. The molecule has 8 heteroatoms. The second-order valence-electron chi connectivity index (χ2n) is 7.70. The normalized spacial score (nSPS) is 17.4. The van der Waals surface area contributed by atoms with Crippen molar-refractivity contribution in [2.75, 3.05) is 4.90 Å². The predicted molar refractivity (Wildman–Crippen MR) is 120 cm³/mol. The topological polar surface area (TPSA) is 110 Å². The molecule has 1 unspecified atom stereocenters. The summed E-state index contributed by atoms with van der Waals surface area (Å²) in [5, 5.41) is 11.0. The van der Waals surface area contributed by atoms with Crippen LogP contribution >= 0.6 is 0 Å². The summed E-state index contributed by atoms with van der Waals surface area (Å²) in [6.45, 7) is 3.48. The first-order valence-electron chi connectivity index (χ1n) is 10.3. The summed E-state index contributed by atoms with van der Waals surface area (Å²) in [6.07, 6.45) is 5.75. The molecule has 1 fully saturated rings. The number of ether oxygens (including phenoxy) is 1. The maximum Gasteiger partial charge on any atom is 0.338 e. The second kappa shape index (κ2) is 9.04. The third-order valence-corrected chi connectivity index (χ3v) is 5.10. The van der Waals surface area contributed by atoms with Gasteiger partial charge in [-0.05, 0) is 55.8 Å². The molecule has 1 amide bonds. The third-order valence-electron chi connectivity index (χ3n) is 5.10. The Morgan fingerprint density at radius 2 is 1.76 bits per heavy atom. The lowest BCUT2D eigenvalue weighted by Gasteiger charge is -2.25. The monoisotopic (exact) mass is 443 g/mol. The van der Waals surface area contributed by atoms with E-state index in [9.17, 15) is 19.5 Å². The molecule has 0 spiro atoms. The Morgan fingerprint density at radius 3 is 2.42 bits per heavy atom. The summed E-state index contributed by atoms with van der Waals surface area (Å²) in [5.74, 6) is -2.53. The molecule has 0 saturated carbocycles. The number of amides is 1. The number of benzene rings is 1. The van der Waals surface area contributed by atoms with Gasteiger partial charge in [-0.2, -0.15) is 0 Å². The average molecular weight is 443 g/mol. The van der Waals surface area contributed by atoms with Crippen LogP contribution in [0.3, 0.4) is 0 Å². The van der Waals surface area contributed by atoms with Crippen LogP contribution in [0.25, 0.3) is 5.76 Å². The highest BCUT2D eigenvalue weighted by Gasteiger charge is 2.47. The van der Waals surface area contributed by atoms with E-state index in [-0.39, 0.29) is 23.0 Å². The van der Waals surface area contributed by atoms with Crippen LogP contribution in [-0.4, -0.2) is 38.8 Å². The zero-order valence-electron chi connectivity index (χ0n) is 18.0. The molecule has 1 saturated heterocycles. The quantitative estimate of drug-likeness (QED) is 0.277. The molecular formula is C25H21N3O5. The van der Waals surface area contributed by atoms with Crippen LogP contribution in [0.1, 0.15) is 41.4 Å². The summed E-state index contributed by atoms with van der Waals surface area (Å²) in [5.41, 5.74) is 1.36. The Hall–Kier alpha value is -4.33. The smallest absolute Gasteiger partial charge is 0.338 e. The van der Waals surface area contributed by atoms with Crippen molar-refractivity contribution < 1.29 is 24.2 Å². The molecule has 0 radical (unpaired) electrons. The number of anilines is 1. The van der Waals surface area contributed by atoms with E-state index in [4.69, 9.17) is 4.74 Å². The summed E-state index contributed by atoms with van der Waals surface area (Å²) >= 11 is 0. The number of carbonyl (C=O) groups is 3. The summed E-state index contributed by atoms with van der Waals surface area (Å²) in [7, 11) is 0. The average Bonchev–Trinajstić information content (AvgIpc) is 3.10. The van der Waals surface area contributed by atoms with Crippen LogP contribution in [0, 0.1) is 0 Å². The predicted octanol–water partition coefficient (Wildman–Crippen LogP) is 3.67. The summed E-state index contributed by atoms with van der Waals surface area (Å²) in [4.78, 5) is 48.0. The Bertz CT molecular complexity index is 1240. The van der Waals surface area contributed by atoms with E-state index >= 15 is 0 Å². The molecule has 1 aliphatic rings. The zero-order valence-corrected chi connectivity index (χ0v) is 18.0. The van der Waals surface area contributed by atoms with Crippen molar-refractivity contribution >= 4 is 29.1 Å². The van der Waals surface area contributed by atoms with Crippen molar-refractivity contribution in [3.63, 3.8) is 0 Å². The molecule has 1 N–H and O–H groups in total. The van der Waals surface area contributed by atoms with E-state index in [0.717, 1.165) is 0 Å². The molecule has 166 valence electrons. The number of Topliss-reactive ketones (excluding diaryl/α,β-unsaturated/α-hetero) is 1. The Morgan fingerprint density at radius 1 is 1.00 bits per heavy atom. The number of aliphatic hydroxyl groups is 1. The lowest BCUT2D eigenvalue weighted by atomic mass is 9.96. The number of ketones is 1. The van der Waals surface area contributed by atoms with Gasteiger partial charge in [0.25, 0.3) is 11.7 Å². The second-order valence-corrected chi connectivity index (χ2v) is 7.70. The van der Waals surface area contributed by atoms with Gasteiger partial charge in [-0.1, -0.05) is 12.1 Å². The van der Waals surface area contributed by atoms with Crippen molar-refractivity contribution in [1.82, 2.24) is 9.97 Å². The molecule has 3 heterocycles. The van der Waals surface area contributed by atoms with Gasteiger partial charge in [0.1, 0.15) is 5.76 Å². The van der Waals surface area contributed by atoms with E-state index in [1.807, 2.05) is 0 Å². The maximum atomic E-state index is 13.2. The van der Waals surface area contributed by atoms with Gasteiger partial charge >= 0.3 is 5.97 Å². The van der Waals surface area contributed by atoms with Crippen molar-refractivity contribution in [1.29, 1.82) is 0 Å². The maximum absolute atomic E-state index is 13.2. The number of pyridine rings is 2. The first-order chi connectivity index (χ1) is 15.9. The Balaban J connectivity index is 1.87. The summed E-state index contributed by atoms with van der Waals surface area (Å²) < 4.78 is 5.26. The molecule has 33 heavy (non-hydrogen) atoms. The molecule has 1 atom stereocenters. The number of aromatic nitrogens is 2. The van der Waals surface area contributed by atoms with E-state index in [2.05, 4.69) is 9.97 Å². The Kier molecular flexibility index (Phi) is 5.99. The molecule has 1 aromatic carbocycles. The highest BCUT2D eigenvalue weighted by molar-refractivity contribution is 6.51. The molecule has 4 rings (SSSR count). The van der Waals surface area contributed by atoms with Crippen LogP contribution < -0.4 is 4.90 Å². The zero-order chi connectivity index (χ0) is 23.5. The highest BCUT2D eigenvalue weighted by atomic mass is 16.5. The van der Waals surface area contributed by atoms with E-state index < -0.39 is 23.7 Å². The van der Waals surface area contributed by atoms with Gasteiger partial charge in [0, 0.05) is 36.0 Å². The first kappa shape index (κ1) is 21.9. The van der Waals surface area contributed by atoms with Gasteiger partial charge in [0.15, 0.2) is 0 Å². The minimum Gasteiger partial charge on any atom is -0.507 e. The van der Waals surface area contributed by atoms with Crippen LogP contribution in [0.4, 0.5) is 5.69 Å². The highest BCUT2D eigenvalue weighted by Crippen LogP contribution is 2.42. The first-order valence-corrected chi connectivity index (χ1v) is 10.3.